The molecule has 0 aliphatic carbocycles. The van der Waals surface area contributed by atoms with E-state index in [1.165, 1.54) is 5.56 Å². The summed E-state index contributed by atoms with van der Waals surface area (Å²) in [6.07, 6.45) is 1.43. The van der Waals surface area contributed by atoms with E-state index in [1.807, 2.05) is 18.2 Å². The molecule has 2 fully saturated rings. The van der Waals surface area contributed by atoms with E-state index in [9.17, 15) is 13.6 Å². The van der Waals surface area contributed by atoms with Crippen molar-refractivity contribution in [3.8, 4) is 0 Å². The highest BCUT2D eigenvalue weighted by Crippen LogP contribution is 2.30. The summed E-state index contributed by atoms with van der Waals surface area (Å²) >= 11 is 0. The molecule has 1 N–H and O–H groups in total. The first-order chi connectivity index (χ1) is 10.1. The number of carbonyl (C=O) groups excluding carboxylic acids is 1. The van der Waals surface area contributed by atoms with Crippen LogP contribution in [-0.2, 0) is 4.79 Å². The lowest BCUT2D eigenvalue weighted by molar-refractivity contribution is -0.134. The number of hydrogen-bond acceptors (Lipinski definition) is 2. The predicted molar refractivity (Wildman–Crippen MR) is 76.4 cm³/mol. The maximum absolute atomic E-state index is 13.2. The van der Waals surface area contributed by atoms with Crippen molar-refractivity contribution in [2.75, 3.05) is 19.6 Å². The minimum atomic E-state index is -2.75. The van der Waals surface area contributed by atoms with E-state index >= 15 is 0 Å². The van der Waals surface area contributed by atoms with Crippen molar-refractivity contribution in [1.82, 2.24) is 10.2 Å². The summed E-state index contributed by atoms with van der Waals surface area (Å²) < 4.78 is 26.3. The molecule has 3 nitrogen and oxygen atoms in total. The van der Waals surface area contributed by atoms with Crippen LogP contribution in [0.5, 0.6) is 0 Å². The number of nitrogens with zero attached hydrogens (tertiary/aromatic N) is 1. The van der Waals surface area contributed by atoms with Gasteiger partial charge in [-0.25, -0.2) is 8.78 Å². The Bertz CT molecular complexity index is 498. The Morgan fingerprint density at radius 1 is 1.19 bits per heavy atom. The van der Waals surface area contributed by atoms with E-state index in [-0.39, 0.29) is 18.9 Å². The first-order valence-electron chi connectivity index (χ1n) is 7.50. The van der Waals surface area contributed by atoms with Gasteiger partial charge in [0.1, 0.15) is 0 Å². The summed E-state index contributed by atoms with van der Waals surface area (Å²) in [5.41, 5.74) is 1.30. The molecular weight excluding hydrogens is 274 g/mol. The van der Waals surface area contributed by atoms with Gasteiger partial charge in [0.15, 0.2) is 0 Å². The lowest BCUT2D eigenvalue weighted by Crippen LogP contribution is -2.46. The molecule has 1 unspecified atom stereocenters. The number of nitrogens with one attached hydrogen (secondary N) is 1. The average molecular weight is 294 g/mol. The SMILES string of the molecule is O=C(C1CC(F)(F)CN1)N1CCC(c2ccccc2)CC1. The first kappa shape index (κ1) is 14.4. The number of amides is 1. The lowest BCUT2D eigenvalue weighted by atomic mass is 9.89. The maximum atomic E-state index is 13.2. The molecule has 0 radical (unpaired) electrons. The molecule has 114 valence electrons. The van der Waals surface area contributed by atoms with E-state index < -0.39 is 12.0 Å². The summed E-state index contributed by atoms with van der Waals surface area (Å²) in [5.74, 6) is -2.45. The van der Waals surface area contributed by atoms with Crippen molar-refractivity contribution in [2.45, 2.75) is 37.1 Å². The third kappa shape index (κ3) is 3.23. The second-order valence-electron chi connectivity index (χ2n) is 6.00. The van der Waals surface area contributed by atoms with Crippen LogP contribution in [0.25, 0.3) is 0 Å². The van der Waals surface area contributed by atoms with Crippen molar-refractivity contribution >= 4 is 5.91 Å². The van der Waals surface area contributed by atoms with Gasteiger partial charge in [-0.3, -0.25) is 10.1 Å². The van der Waals surface area contributed by atoms with Gasteiger partial charge in [-0.15, -0.1) is 0 Å². The van der Waals surface area contributed by atoms with Crippen LogP contribution in [0, 0.1) is 0 Å². The highest BCUT2D eigenvalue weighted by atomic mass is 19.3. The lowest BCUT2D eigenvalue weighted by Gasteiger charge is -2.33. The van der Waals surface area contributed by atoms with Crippen LogP contribution >= 0.6 is 0 Å². The normalized spacial score (nSPS) is 26.0. The van der Waals surface area contributed by atoms with Gasteiger partial charge in [-0.2, -0.15) is 0 Å². The zero-order chi connectivity index (χ0) is 14.9. The van der Waals surface area contributed by atoms with Crippen molar-refractivity contribution in [1.29, 1.82) is 0 Å². The number of hydrogen-bond donors (Lipinski definition) is 1. The number of rotatable bonds is 2. The molecule has 5 heteroatoms. The molecule has 2 saturated heterocycles. The molecule has 3 rings (SSSR count). The van der Waals surface area contributed by atoms with Gasteiger partial charge in [-0.1, -0.05) is 30.3 Å². The second-order valence-corrected chi connectivity index (χ2v) is 6.00. The largest absolute Gasteiger partial charge is 0.341 e. The van der Waals surface area contributed by atoms with Gasteiger partial charge in [0.25, 0.3) is 5.92 Å². The molecule has 0 spiro atoms. The molecule has 0 saturated carbocycles. The van der Waals surface area contributed by atoms with Crippen LogP contribution in [-0.4, -0.2) is 42.4 Å². The standard InChI is InChI=1S/C16H20F2N2O/c17-16(18)10-14(19-11-16)15(21)20-8-6-13(7-9-20)12-4-2-1-3-5-12/h1-5,13-14,19H,6-11H2. The van der Waals surface area contributed by atoms with E-state index in [0.717, 1.165) is 12.8 Å². The summed E-state index contributed by atoms with van der Waals surface area (Å²) in [7, 11) is 0. The first-order valence-corrected chi connectivity index (χ1v) is 7.50. The van der Waals surface area contributed by atoms with Crippen LogP contribution in [0.3, 0.4) is 0 Å². The van der Waals surface area contributed by atoms with Crippen molar-refractivity contribution in [2.24, 2.45) is 0 Å². The minimum absolute atomic E-state index is 0.168. The topological polar surface area (TPSA) is 32.3 Å². The van der Waals surface area contributed by atoms with E-state index in [4.69, 9.17) is 0 Å². The number of likely N-dealkylation sites (tertiary alicyclic amines) is 1. The highest BCUT2D eigenvalue weighted by molar-refractivity contribution is 5.82. The quantitative estimate of drug-likeness (QED) is 0.908. The fourth-order valence-electron chi connectivity index (χ4n) is 3.27. The zero-order valence-corrected chi connectivity index (χ0v) is 11.9. The number of piperidine rings is 1. The molecule has 2 heterocycles. The molecule has 21 heavy (non-hydrogen) atoms. The van der Waals surface area contributed by atoms with Gasteiger partial charge >= 0.3 is 0 Å². The number of halogens is 2. The Kier molecular flexibility index (Phi) is 3.93. The molecule has 0 bridgehead atoms. The number of alkyl halides is 2. The van der Waals surface area contributed by atoms with Crippen LogP contribution in [0.1, 0.15) is 30.7 Å². The van der Waals surface area contributed by atoms with Gasteiger partial charge in [0.2, 0.25) is 5.91 Å². The molecule has 1 atom stereocenters. The van der Waals surface area contributed by atoms with E-state index in [0.29, 0.717) is 19.0 Å². The smallest absolute Gasteiger partial charge is 0.262 e. The van der Waals surface area contributed by atoms with Crippen LogP contribution in [0.4, 0.5) is 8.78 Å². The molecule has 2 aliphatic heterocycles. The second kappa shape index (κ2) is 5.72. The van der Waals surface area contributed by atoms with E-state index in [2.05, 4.69) is 17.4 Å². The van der Waals surface area contributed by atoms with Crippen LogP contribution in [0.2, 0.25) is 0 Å². The minimum Gasteiger partial charge on any atom is -0.341 e. The average Bonchev–Trinajstić information content (AvgIpc) is 2.88. The Labute approximate surface area is 123 Å². The van der Waals surface area contributed by atoms with Crippen molar-refractivity contribution < 1.29 is 13.6 Å². The fraction of sp³-hybridized carbons (Fsp3) is 0.562. The molecule has 1 aromatic rings. The fourth-order valence-corrected chi connectivity index (χ4v) is 3.27. The van der Waals surface area contributed by atoms with Gasteiger partial charge < -0.3 is 4.90 Å². The third-order valence-electron chi connectivity index (χ3n) is 4.49. The van der Waals surface area contributed by atoms with Crippen LogP contribution < -0.4 is 5.32 Å². The molecule has 2 aliphatic rings. The number of carbonyl (C=O) groups is 1. The summed E-state index contributed by atoms with van der Waals surface area (Å²) in [6, 6.07) is 9.55. The molecule has 1 aromatic carbocycles. The van der Waals surface area contributed by atoms with Crippen LogP contribution in [0.15, 0.2) is 30.3 Å². The van der Waals surface area contributed by atoms with Gasteiger partial charge in [0, 0.05) is 19.5 Å². The monoisotopic (exact) mass is 294 g/mol. The Hall–Kier alpha value is -1.49. The van der Waals surface area contributed by atoms with Gasteiger partial charge in [0.05, 0.1) is 12.6 Å². The number of benzene rings is 1. The highest BCUT2D eigenvalue weighted by Gasteiger charge is 2.43. The maximum Gasteiger partial charge on any atom is 0.262 e. The summed E-state index contributed by atoms with van der Waals surface area (Å²) in [6.45, 7) is 0.925. The Balaban J connectivity index is 1.55. The van der Waals surface area contributed by atoms with E-state index in [1.54, 1.807) is 4.90 Å². The molecular formula is C16H20F2N2O. The molecule has 1 amide bonds. The van der Waals surface area contributed by atoms with Crippen molar-refractivity contribution in [3.63, 3.8) is 0 Å². The third-order valence-corrected chi connectivity index (χ3v) is 4.49. The molecule has 0 aromatic heterocycles. The van der Waals surface area contributed by atoms with Gasteiger partial charge in [-0.05, 0) is 24.3 Å². The predicted octanol–water partition coefficient (Wildman–Crippen LogP) is 2.39. The van der Waals surface area contributed by atoms with Crippen molar-refractivity contribution in [3.05, 3.63) is 35.9 Å². The Morgan fingerprint density at radius 3 is 2.43 bits per heavy atom. The summed E-state index contributed by atoms with van der Waals surface area (Å²) in [4.78, 5) is 14.0. The zero-order valence-electron chi connectivity index (χ0n) is 11.9. The summed E-state index contributed by atoms with van der Waals surface area (Å²) in [5, 5.41) is 2.65. The Morgan fingerprint density at radius 2 is 1.86 bits per heavy atom.